The van der Waals surface area contributed by atoms with Gasteiger partial charge in [-0.2, -0.15) is 4.58 Å². The molecule has 0 aromatic heterocycles. The average Bonchev–Trinajstić information content (AvgIpc) is 2.58. The fourth-order valence-electron chi connectivity index (χ4n) is 2.29. The Bertz CT molecular complexity index is 490. The van der Waals surface area contributed by atoms with Crippen LogP contribution in [-0.2, 0) is 0 Å². The number of benzene rings is 1. The monoisotopic (exact) mass is 215 g/mol. The van der Waals surface area contributed by atoms with E-state index in [4.69, 9.17) is 0 Å². The van der Waals surface area contributed by atoms with Crippen molar-refractivity contribution in [1.29, 1.82) is 0 Å². The molecule has 0 radical (unpaired) electrons. The summed E-state index contributed by atoms with van der Waals surface area (Å²) in [7, 11) is 1.99. The Kier molecular flexibility index (Phi) is 2.69. The van der Waals surface area contributed by atoms with Gasteiger partial charge in [0.25, 0.3) is 0 Å². The van der Waals surface area contributed by atoms with Crippen molar-refractivity contribution >= 4 is 17.4 Å². The van der Waals surface area contributed by atoms with Crippen molar-refractivity contribution in [3.8, 4) is 0 Å². The van der Waals surface area contributed by atoms with Crippen molar-refractivity contribution in [3.05, 3.63) is 23.3 Å². The summed E-state index contributed by atoms with van der Waals surface area (Å²) in [5.41, 5.74) is 5.08. The molecule has 0 N–H and O–H groups in total. The maximum Gasteiger partial charge on any atom is 0.318 e. The Morgan fingerprint density at radius 3 is 2.38 bits per heavy atom. The molecule has 0 saturated carbocycles. The minimum absolute atomic E-state index is 0.504. The summed E-state index contributed by atoms with van der Waals surface area (Å²) in [4.78, 5) is 4.42. The van der Waals surface area contributed by atoms with Crippen molar-refractivity contribution in [1.82, 2.24) is 0 Å². The molecule has 2 heteroatoms. The van der Waals surface area contributed by atoms with Crippen LogP contribution in [0.3, 0.4) is 0 Å². The van der Waals surface area contributed by atoms with Gasteiger partial charge in [0.2, 0.25) is 5.69 Å². The highest BCUT2D eigenvalue weighted by Crippen LogP contribution is 2.41. The first kappa shape index (κ1) is 11.1. The zero-order valence-corrected chi connectivity index (χ0v) is 10.7. The Morgan fingerprint density at radius 2 is 1.81 bits per heavy atom. The molecule has 0 spiro atoms. The summed E-state index contributed by atoms with van der Waals surface area (Å²) < 4.78 is 1.96. The summed E-state index contributed by atoms with van der Waals surface area (Å²) in [6.45, 7) is 8.93. The van der Waals surface area contributed by atoms with Crippen LogP contribution in [0, 0.1) is 0 Å². The highest BCUT2D eigenvalue weighted by molar-refractivity contribution is 5.73. The number of hydrogen-bond acceptors (Lipinski definition) is 1. The number of aliphatic imine (C=N–C) groups is 1. The average molecular weight is 215 g/mol. The largest absolute Gasteiger partial charge is 0.318 e. The van der Waals surface area contributed by atoms with Crippen LogP contribution in [0.15, 0.2) is 17.1 Å². The van der Waals surface area contributed by atoms with Gasteiger partial charge in [-0.05, 0) is 23.5 Å². The lowest BCUT2D eigenvalue weighted by Gasteiger charge is -2.15. The number of hydrogen-bond donors (Lipinski definition) is 0. The van der Waals surface area contributed by atoms with E-state index < -0.39 is 0 Å². The molecule has 0 fully saturated rings. The SMILES string of the molecule is CC(C)c1ccc2c(c1C(C)C)N=C=[N+]2C. The van der Waals surface area contributed by atoms with Gasteiger partial charge in [0.05, 0.1) is 7.05 Å². The molecular weight excluding hydrogens is 196 g/mol. The third kappa shape index (κ3) is 1.60. The third-order valence-corrected chi connectivity index (χ3v) is 3.10. The quantitative estimate of drug-likeness (QED) is 0.662. The van der Waals surface area contributed by atoms with Crippen molar-refractivity contribution in [2.45, 2.75) is 39.5 Å². The van der Waals surface area contributed by atoms with E-state index in [0.717, 1.165) is 5.69 Å². The number of fused-ring (bicyclic) bond motifs is 1. The minimum Gasteiger partial charge on any atom is -0.184 e. The van der Waals surface area contributed by atoms with E-state index >= 15 is 0 Å². The zero-order chi connectivity index (χ0) is 11.9. The second-order valence-corrected chi connectivity index (χ2v) is 5.02. The van der Waals surface area contributed by atoms with Crippen LogP contribution >= 0.6 is 0 Å². The third-order valence-electron chi connectivity index (χ3n) is 3.10. The fourth-order valence-corrected chi connectivity index (χ4v) is 2.29. The Labute approximate surface area is 97.3 Å². The lowest BCUT2D eigenvalue weighted by Crippen LogP contribution is -2.00. The number of nitrogens with zero attached hydrogens (tertiary/aromatic N) is 2. The molecule has 1 aliphatic heterocycles. The van der Waals surface area contributed by atoms with Crippen LogP contribution in [0.1, 0.15) is 50.7 Å². The Morgan fingerprint density at radius 1 is 1.12 bits per heavy atom. The first-order valence-electron chi connectivity index (χ1n) is 5.89. The molecule has 2 nitrogen and oxygen atoms in total. The first-order valence-corrected chi connectivity index (χ1v) is 5.89. The molecule has 1 aromatic rings. The molecule has 0 amide bonds. The molecule has 0 atom stereocenters. The van der Waals surface area contributed by atoms with Gasteiger partial charge in [-0.25, -0.2) is 0 Å². The van der Waals surface area contributed by atoms with Crippen LogP contribution in [0.2, 0.25) is 0 Å². The summed E-state index contributed by atoms with van der Waals surface area (Å²) >= 11 is 0. The molecule has 2 rings (SSSR count). The Hall–Kier alpha value is -1.40. The topological polar surface area (TPSA) is 15.4 Å². The molecule has 16 heavy (non-hydrogen) atoms. The van der Waals surface area contributed by atoms with Gasteiger partial charge >= 0.3 is 6.01 Å². The van der Waals surface area contributed by atoms with E-state index in [9.17, 15) is 0 Å². The van der Waals surface area contributed by atoms with E-state index in [2.05, 4.69) is 50.8 Å². The second kappa shape index (κ2) is 3.88. The van der Waals surface area contributed by atoms with E-state index in [0.29, 0.717) is 11.8 Å². The van der Waals surface area contributed by atoms with Gasteiger partial charge in [-0.15, -0.1) is 0 Å². The molecule has 1 aliphatic rings. The van der Waals surface area contributed by atoms with Crippen LogP contribution < -0.4 is 0 Å². The minimum atomic E-state index is 0.504. The standard InChI is InChI=1S/C14H19N2/c1-9(2)11-6-7-12-14(13(11)10(3)4)15-8-16(12)5/h6-7,9-10H,1-5H3/q+1. The maximum absolute atomic E-state index is 4.42. The summed E-state index contributed by atoms with van der Waals surface area (Å²) in [5, 5.41) is 0. The molecule has 0 aliphatic carbocycles. The van der Waals surface area contributed by atoms with Gasteiger partial charge < -0.3 is 0 Å². The van der Waals surface area contributed by atoms with Gasteiger partial charge in [0.15, 0.2) is 5.69 Å². The van der Waals surface area contributed by atoms with Gasteiger partial charge in [-0.1, -0.05) is 33.8 Å². The number of rotatable bonds is 2. The van der Waals surface area contributed by atoms with Crippen molar-refractivity contribution < 1.29 is 4.58 Å². The maximum atomic E-state index is 4.42. The summed E-state index contributed by atoms with van der Waals surface area (Å²) in [5.74, 6) is 1.05. The highest BCUT2D eigenvalue weighted by Gasteiger charge is 2.26. The summed E-state index contributed by atoms with van der Waals surface area (Å²) in [6.07, 6.45) is 0. The van der Waals surface area contributed by atoms with Crippen LogP contribution in [-0.4, -0.2) is 17.6 Å². The molecule has 0 unspecified atom stereocenters. The normalized spacial score (nSPS) is 13.6. The molecule has 0 bridgehead atoms. The molecule has 1 heterocycles. The predicted octanol–water partition coefficient (Wildman–Crippen LogP) is 4.03. The second-order valence-electron chi connectivity index (χ2n) is 5.02. The van der Waals surface area contributed by atoms with Crippen LogP contribution in [0.4, 0.5) is 11.4 Å². The fraction of sp³-hybridized carbons (Fsp3) is 0.500. The lowest BCUT2D eigenvalue weighted by atomic mass is 9.88. The van der Waals surface area contributed by atoms with Crippen molar-refractivity contribution in [3.63, 3.8) is 0 Å². The smallest absolute Gasteiger partial charge is 0.184 e. The molecular formula is C14H19N2+. The van der Waals surface area contributed by atoms with E-state index in [1.54, 1.807) is 0 Å². The Balaban J connectivity index is 2.67. The van der Waals surface area contributed by atoms with Gasteiger partial charge in [-0.3, -0.25) is 0 Å². The highest BCUT2D eigenvalue weighted by atomic mass is 15.1. The first-order chi connectivity index (χ1) is 7.52. The molecule has 1 aromatic carbocycles. The van der Waals surface area contributed by atoms with Crippen molar-refractivity contribution in [2.75, 3.05) is 7.05 Å². The summed E-state index contributed by atoms with van der Waals surface area (Å²) in [6, 6.07) is 7.39. The zero-order valence-electron chi connectivity index (χ0n) is 10.7. The molecule has 84 valence electrons. The van der Waals surface area contributed by atoms with Crippen LogP contribution in [0.5, 0.6) is 0 Å². The van der Waals surface area contributed by atoms with E-state index in [1.165, 1.54) is 16.8 Å². The van der Waals surface area contributed by atoms with Crippen LogP contribution in [0.25, 0.3) is 0 Å². The van der Waals surface area contributed by atoms with Crippen molar-refractivity contribution in [2.24, 2.45) is 4.99 Å². The predicted molar refractivity (Wildman–Crippen MR) is 67.6 cm³/mol. The lowest BCUT2D eigenvalue weighted by molar-refractivity contribution is -0.393. The van der Waals surface area contributed by atoms with Gasteiger partial charge in [0.1, 0.15) is 0 Å². The van der Waals surface area contributed by atoms with E-state index in [1.807, 2.05) is 11.6 Å². The van der Waals surface area contributed by atoms with Gasteiger partial charge in [0, 0.05) is 10.6 Å². The van der Waals surface area contributed by atoms with E-state index in [-0.39, 0.29) is 0 Å². The molecule has 0 saturated heterocycles.